The summed E-state index contributed by atoms with van der Waals surface area (Å²) in [4.78, 5) is 16.6. The average Bonchev–Trinajstić information content (AvgIpc) is 2.73. The summed E-state index contributed by atoms with van der Waals surface area (Å²) in [6.07, 6.45) is 3.47. The first kappa shape index (κ1) is 26.3. The molecule has 1 fully saturated rings. The molecule has 0 aliphatic heterocycles. The van der Waals surface area contributed by atoms with E-state index < -0.39 is 0 Å². The third kappa shape index (κ3) is 8.57. The summed E-state index contributed by atoms with van der Waals surface area (Å²) < 4.78 is 16.5. The molecule has 7 nitrogen and oxygen atoms in total. The molecule has 0 aromatic heterocycles. The van der Waals surface area contributed by atoms with Gasteiger partial charge in [0.15, 0.2) is 17.5 Å². The lowest BCUT2D eigenvalue weighted by molar-refractivity contribution is -0.149. The van der Waals surface area contributed by atoms with Gasteiger partial charge in [-0.15, -0.1) is 24.0 Å². The zero-order valence-electron chi connectivity index (χ0n) is 18.5. The van der Waals surface area contributed by atoms with Crippen LogP contribution in [0.25, 0.3) is 0 Å². The van der Waals surface area contributed by atoms with Gasteiger partial charge in [0.2, 0.25) is 0 Å². The fraction of sp³-hybridized carbons (Fsp3) is 0.636. The first-order valence-electron chi connectivity index (χ1n) is 10.6. The topological polar surface area (TPSA) is 81.2 Å². The van der Waals surface area contributed by atoms with Crippen LogP contribution in [0, 0.1) is 5.92 Å². The second-order valence-electron chi connectivity index (χ2n) is 7.24. The fourth-order valence-corrected chi connectivity index (χ4v) is 3.44. The average molecular weight is 533 g/mol. The molecule has 1 saturated carbocycles. The maximum atomic E-state index is 11.9. The third-order valence-corrected chi connectivity index (χ3v) is 4.94. The van der Waals surface area contributed by atoms with Crippen molar-refractivity contribution < 1.29 is 19.0 Å². The van der Waals surface area contributed by atoms with Crippen molar-refractivity contribution >= 4 is 35.9 Å². The van der Waals surface area contributed by atoms with E-state index in [0.717, 1.165) is 38.2 Å². The van der Waals surface area contributed by atoms with Crippen molar-refractivity contribution in [2.45, 2.75) is 58.6 Å². The second-order valence-corrected chi connectivity index (χ2v) is 7.24. The molecule has 1 aliphatic rings. The zero-order valence-corrected chi connectivity index (χ0v) is 20.8. The lowest BCUT2D eigenvalue weighted by Crippen LogP contribution is -2.45. The Morgan fingerprint density at radius 1 is 1.17 bits per heavy atom. The number of benzene rings is 1. The minimum Gasteiger partial charge on any atom is -0.493 e. The summed E-state index contributed by atoms with van der Waals surface area (Å²) in [5.41, 5.74) is 0. The van der Waals surface area contributed by atoms with Crippen molar-refractivity contribution in [3.63, 3.8) is 0 Å². The molecule has 0 bridgehead atoms. The number of rotatable bonds is 9. The number of esters is 1. The SMILES string of the molecule is CCNC(=NCC(C)Oc1ccccc1OC)NC1CCC(C(=O)OCC)CC1.I. The number of methoxy groups -OCH3 is 1. The van der Waals surface area contributed by atoms with E-state index >= 15 is 0 Å². The highest BCUT2D eigenvalue weighted by Gasteiger charge is 2.27. The zero-order chi connectivity index (χ0) is 21.1. The number of guanidine groups is 1. The third-order valence-electron chi connectivity index (χ3n) is 4.94. The molecule has 0 saturated heterocycles. The molecule has 1 aliphatic carbocycles. The maximum Gasteiger partial charge on any atom is 0.308 e. The van der Waals surface area contributed by atoms with E-state index in [9.17, 15) is 4.79 Å². The predicted molar refractivity (Wildman–Crippen MR) is 130 cm³/mol. The summed E-state index contributed by atoms with van der Waals surface area (Å²) in [5, 5.41) is 6.79. The number of aliphatic imine (C=N–C) groups is 1. The van der Waals surface area contributed by atoms with Gasteiger partial charge < -0.3 is 24.8 Å². The molecule has 2 rings (SSSR count). The Kier molecular flexibility index (Phi) is 12.6. The van der Waals surface area contributed by atoms with Crippen molar-refractivity contribution in [1.29, 1.82) is 0 Å². The Morgan fingerprint density at radius 3 is 2.43 bits per heavy atom. The minimum atomic E-state index is -0.0960. The minimum absolute atomic E-state index is 0. The number of hydrogen-bond donors (Lipinski definition) is 2. The second kappa shape index (κ2) is 14.3. The number of carbonyl (C=O) groups excluding carboxylic acids is 1. The molecule has 30 heavy (non-hydrogen) atoms. The van der Waals surface area contributed by atoms with E-state index in [1.54, 1.807) is 7.11 Å². The Bertz CT molecular complexity index is 664. The van der Waals surface area contributed by atoms with Gasteiger partial charge in [0.25, 0.3) is 0 Å². The van der Waals surface area contributed by atoms with Crippen LogP contribution < -0.4 is 20.1 Å². The number of nitrogens with one attached hydrogen (secondary N) is 2. The van der Waals surface area contributed by atoms with Gasteiger partial charge in [0.05, 0.1) is 26.2 Å². The highest BCUT2D eigenvalue weighted by molar-refractivity contribution is 14.0. The molecule has 0 heterocycles. The van der Waals surface area contributed by atoms with Gasteiger partial charge in [-0.25, -0.2) is 4.99 Å². The highest BCUT2D eigenvalue weighted by Crippen LogP contribution is 2.27. The fourth-order valence-electron chi connectivity index (χ4n) is 3.44. The van der Waals surface area contributed by atoms with Gasteiger partial charge >= 0.3 is 5.97 Å². The molecule has 2 N–H and O–H groups in total. The van der Waals surface area contributed by atoms with E-state index in [-0.39, 0.29) is 42.0 Å². The van der Waals surface area contributed by atoms with Gasteiger partial charge in [-0.2, -0.15) is 0 Å². The number of carbonyl (C=O) groups is 1. The lowest BCUT2D eigenvalue weighted by atomic mass is 9.86. The van der Waals surface area contributed by atoms with Crippen molar-refractivity contribution in [3.8, 4) is 11.5 Å². The number of nitrogens with zero attached hydrogens (tertiary/aromatic N) is 1. The van der Waals surface area contributed by atoms with Crippen molar-refractivity contribution in [1.82, 2.24) is 10.6 Å². The number of ether oxygens (including phenoxy) is 3. The summed E-state index contributed by atoms with van der Waals surface area (Å²) in [5.74, 6) is 2.18. The van der Waals surface area contributed by atoms with Gasteiger partial charge in [0, 0.05) is 12.6 Å². The summed E-state index contributed by atoms with van der Waals surface area (Å²) in [6.45, 7) is 7.64. The first-order chi connectivity index (χ1) is 14.1. The van der Waals surface area contributed by atoms with E-state index in [1.165, 1.54) is 0 Å². The van der Waals surface area contributed by atoms with Gasteiger partial charge in [0.1, 0.15) is 6.10 Å². The Balaban J connectivity index is 0.00000450. The molecule has 1 aromatic rings. The largest absolute Gasteiger partial charge is 0.493 e. The standard InChI is InChI=1S/C22H35N3O4.HI/c1-5-23-22(25-18-13-11-17(12-14-18)21(26)28-6-2)24-15-16(3)29-20-10-8-7-9-19(20)27-4;/h7-10,16-18H,5-6,11-15H2,1-4H3,(H2,23,24,25);1H. The molecule has 8 heteroatoms. The van der Waals surface area contributed by atoms with Crippen LogP contribution >= 0.6 is 24.0 Å². The smallest absolute Gasteiger partial charge is 0.308 e. The van der Waals surface area contributed by atoms with Crippen LogP contribution in [0.5, 0.6) is 11.5 Å². The van der Waals surface area contributed by atoms with Crippen molar-refractivity contribution in [2.75, 3.05) is 26.8 Å². The van der Waals surface area contributed by atoms with E-state index in [2.05, 4.69) is 15.6 Å². The van der Waals surface area contributed by atoms with Gasteiger partial charge in [-0.05, 0) is 58.6 Å². The monoisotopic (exact) mass is 533 g/mol. The Labute approximate surface area is 197 Å². The van der Waals surface area contributed by atoms with Crippen LogP contribution in [0.4, 0.5) is 0 Å². The van der Waals surface area contributed by atoms with E-state index in [0.29, 0.717) is 30.7 Å². The van der Waals surface area contributed by atoms with Crippen LogP contribution in [0.1, 0.15) is 46.5 Å². The normalized spacial score (nSPS) is 19.8. The maximum absolute atomic E-state index is 11.9. The molecular weight excluding hydrogens is 497 g/mol. The Hall–Kier alpha value is -1.71. The van der Waals surface area contributed by atoms with Crippen LogP contribution in [0.2, 0.25) is 0 Å². The summed E-state index contributed by atoms with van der Waals surface area (Å²) >= 11 is 0. The Morgan fingerprint density at radius 2 is 1.83 bits per heavy atom. The van der Waals surface area contributed by atoms with Crippen LogP contribution in [0.3, 0.4) is 0 Å². The predicted octanol–water partition coefficient (Wildman–Crippen LogP) is 3.76. The number of para-hydroxylation sites is 2. The van der Waals surface area contributed by atoms with Crippen LogP contribution in [-0.4, -0.2) is 50.9 Å². The highest BCUT2D eigenvalue weighted by atomic mass is 127. The molecule has 170 valence electrons. The molecule has 0 spiro atoms. The molecule has 0 radical (unpaired) electrons. The van der Waals surface area contributed by atoms with Crippen molar-refractivity contribution in [2.24, 2.45) is 10.9 Å². The van der Waals surface area contributed by atoms with E-state index in [1.807, 2.05) is 45.0 Å². The molecule has 1 aromatic carbocycles. The molecule has 1 atom stereocenters. The van der Waals surface area contributed by atoms with Crippen LogP contribution in [-0.2, 0) is 9.53 Å². The molecule has 1 unspecified atom stereocenters. The molecule has 0 amide bonds. The van der Waals surface area contributed by atoms with Crippen molar-refractivity contribution in [3.05, 3.63) is 24.3 Å². The quantitative estimate of drug-likeness (QED) is 0.218. The molecular formula is C22H36IN3O4. The van der Waals surface area contributed by atoms with Gasteiger partial charge in [-0.3, -0.25) is 4.79 Å². The number of hydrogen-bond acceptors (Lipinski definition) is 5. The van der Waals surface area contributed by atoms with Gasteiger partial charge in [-0.1, -0.05) is 12.1 Å². The summed E-state index contributed by atoms with van der Waals surface area (Å²) in [7, 11) is 1.63. The van der Waals surface area contributed by atoms with E-state index in [4.69, 9.17) is 14.2 Å². The number of halogens is 1. The van der Waals surface area contributed by atoms with Crippen LogP contribution in [0.15, 0.2) is 29.3 Å². The first-order valence-corrected chi connectivity index (χ1v) is 10.6. The summed E-state index contributed by atoms with van der Waals surface area (Å²) in [6, 6.07) is 7.92. The lowest BCUT2D eigenvalue weighted by Gasteiger charge is -2.29.